The van der Waals surface area contributed by atoms with E-state index in [1.165, 1.54) is 5.56 Å². The van der Waals surface area contributed by atoms with Gasteiger partial charge in [0.05, 0.1) is 0 Å². The van der Waals surface area contributed by atoms with Crippen molar-refractivity contribution in [3.8, 4) is 0 Å². The molecule has 5 nitrogen and oxygen atoms in total. The molecule has 0 saturated heterocycles. The van der Waals surface area contributed by atoms with E-state index in [9.17, 15) is 0 Å². The Balaban J connectivity index is 0.000000550. The van der Waals surface area contributed by atoms with E-state index in [4.69, 9.17) is 0 Å². The van der Waals surface area contributed by atoms with Crippen LogP contribution in [0.15, 0.2) is 30.3 Å². The number of benzene rings is 1. The molecular weight excluding hydrogens is 310 g/mol. The van der Waals surface area contributed by atoms with E-state index >= 15 is 0 Å². The van der Waals surface area contributed by atoms with Crippen LogP contribution in [0.1, 0.15) is 52.9 Å². The first kappa shape index (κ1) is 20.9. The van der Waals surface area contributed by atoms with Gasteiger partial charge in [0.2, 0.25) is 11.9 Å². The molecule has 1 heterocycles. The maximum absolute atomic E-state index is 4.48. The minimum Gasteiger partial charge on any atom is -0.350 e. The van der Waals surface area contributed by atoms with E-state index in [-0.39, 0.29) is 0 Å². The lowest BCUT2D eigenvalue weighted by molar-refractivity contribution is 0.469. The van der Waals surface area contributed by atoms with Crippen LogP contribution in [0, 0.1) is 12.3 Å². The summed E-state index contributed by atoms with van der Waals surface area (Å²) in [7, 11) is 0. The zero-order valence-electron chi connectivity index (χ0n) is 16.8. The van der Waals surface area contributed by atoms with Crippen LogP contribution in [0.25, 0.3) is 0 Å². The van der Waals surface area contributed by atoms with Crippen LogP contribution in [0.3, 0.4) is 0 Å². The summed E-state index contributed by atoms with van der Waals surface area (Å²) >= 11 is 0. The maximum Gasteiger partial charge on any atom is 0.230 e. The van der Waals surface area contributed by atoms with E-state index in [0.717, 1.165) is 24.9 Å². The second-order valence-corrected chi connectivity index (χ2v) is 7.52. The number of anilines is 2. The third-order valence-electron chi connectivity index (χ3n) is 3.08. The van der Waals surface area contributed by atoms with E-state index in [0.29, 0.717) is 17.9 Å². The molecule has 0 aliphatic carbocycles. The second-order valence-electron chi connectivity index (χ2n) is 7.52. The second kappa shape index (κ2) is 9.97. The largest absolute Gasteiger partial charge is 0.350 e. The highest BCUT2D eigenvalue weighted by molar-refractivity contribution is 5.37. The average Bonchev–Trinajstić information content (AvgIpc) is 2.53. The van der Waals surface area contributed by atoms with Gasteiger partial charge in [0.1, 0.15) is 5.82 Å². The molecule has 0 aliphatic heterocycles. The Labute approximate surface area is 152 Å². The predicted molar refractivity (Wildman–Crippen MR) is 107 cm³/mol. The summed E-state index contributed by atoms with van der Waals surface area (Å²) in [5, 5.41) is 3.26. The molecule has 138 valence electrons. The number of nitrogens with one attached hydrogen (secondary N) is 1. The molecule has 0 unspecified atom stereocenters. The molecule has 5 heteroatoms. The maximum atomic E-state index is 4.48. The summed E-state index contributed by atoms with van der Waals surface area (Å²) in [6.45, 7) is 17.3. The highest BCUT2D eigenvalue weighted by atomic mass is 15.3. The van der Waals surface area contributed by atoms with Gasteiger partial charge in [-0.2, -0.15) is 15.0 Å². The van der Waals surface area contributed by atoms with Crippen molar-refractivity contribution in [2.45, 2.75) is 55.0 Å². The number of hydrogen-bond acceptors (Lipinski definition) is 5. The monoisotopic (exact) mass is 343 g/mol. The van der Waals surface area contributed by atoms with Crippen molar-refractivity contribution in [2.75, 3.05) is 23.3 Å². The van der Waals surface area contributed by atoms with E-state index < -0.39 is 0 Å². The lowest BCUT2D eigenvalue weighted by atomic mass is 10.0. The minimum atomic E-state index is 0.500. The van der Waals surface area contributed by atoms with Crippen molar-refractivity contribution in [3.05, 3.63) is 41.7 Å². The number of aryl methyl sites for hydroxylation is 1. The van der Waals surface area contributed by atoms with Gasteiger partial charge in [-0.15, -0.1) is 0 Å². The first-order valence-electron chi connectivity index (χ1n) is 8.98. The quantitative estimate of drug-likeness (QED) is 0.824. The molecule has 0 saturated carbocycles. The molecule has 1 N–H and O–H groups in total. The summed E-state index contributed by atoms with van der Waals surface area (Å²) in [6.07, 6.45) is 0. The molecule has 0 amide bonds. The standard InChI is InChI=1S/C15H21N5.C5H12/c1-4-20(5-2)15-18-12(3)17-14(19-15)16-11-13-9-7-6-8-10-13;1-5(2,3)4/h6-10H,4-5,11H2,1-3H3,(H,16,17,18,19);1-4H3. The molecule has 0 aliphatic rings. The van der Waals surface area contributed by atoms with Gasteiger partial charge < -0.3 is 10.2 Å². The van der Waals surface area contributed by atoms with Crippen LogP contribution in [-0.2, 0) is 6.54 Å². The van der Waals surface area contributed by atoms with E-state index in [2.05, 4.69) is 78.8 Å². The summed E-state index contributed by atoms with van der Waals surface area (Å²) in [4.78, 5) is 15.3. The highest BCUT2D eigenvalue weighted by Crippen LogP contribution is 2.11. The lowest BCUT2D eigenvalue weighted by Crippen LogP contribution is -2.25. The lowest BCUT2D eigenvalue weighted by Gasteiger charge is -2.19. The van der Waals surface area contributed by atoms with Crippen molar-refractivity contribution in [2.24, 2.45) is 5.41 Å². The summed E-state index contributed by atoms with van der Waals surface area (Å²) < 4.78 is 0. The Bertz CT molecular complexity index is 610. The van der Waals surface area contributed by atoms with Crippen molar-refractivity contribution >= 4 is 11.9 Å². The Morgan fingerprint density at radius 2 is 1.48 bits per heavy atom. The van der Waals surface area contributed by atoms with Gasteiger partial charge in [-0.05, 0) is 31.7 Å². The number of aromatic nitrogens is 3. The number of hydrogen-bond donors (Lipinski definition) is 1. The fourth-order valence-corrected chi connectivity index (χ4v) is 1.97. The predicted octanol–water partition coefficient (Wildman–Crippen LogP) is 4.69. The van der Waals surface area contributed by atoms with Gasteiger partial charge in [0.25, 0.3) is 0 Å². The van der Waals surface area contributed by atoms with Gasteiger partial charge in [0.15, 0.2) is 0 Å². The fourth-order valence-electron chi connectivity index (χ4n) is 1.97. The third-order valence-corrected chi connectivity index (χ3v) is 3.08. The minimum absolute atomic E-state index is 0.500. The molecular formula is C20H33N5. The fraction of sp³-hybridized carbons (Fsp3) is 0.550. The molecule has 0 atom stereocenters. The van der Waals surface area contributed by atoms with Crippen LogP contribution >= 0.6 is 0 Å². The van der Waals surface area contributed by atoms with Gasteiger partial charge in [-0.1, -0.05) is 58.0 Å². The first-order chi connectivity index (χ1) is 11.7. The zero-order valence-corrected chi connectivity index (χ0v) is 16.8. The highest BCUT2D eigenvalue weighted by Gasteiger charge is 2.08. The molecule has 0 spiro atoms. The molecule has 2 aromatic rings. The van der Waals surface area contributed by atoms with Crippen molar-refractivity contribution < 1.29 is 0 Å². The van der Waals surface area contributed by atoms with Gasteiger partial charge in [0, 0.05) is 19.6 Å². The van der Waals surface area contributed by atoms with Crippen LogP contribution in [-0.4, -0.2) is 28.0 Å². The van der Waals surface area contributed by atoms with Gasteiger partial charge in [-0.25, -0.2) is 0 Å². The van der Waals surface area contributed by atoms with Crippen molar-refractivity contribution in [1.29, 1.82) is 0 Å². The van der Waals surface area contributed by atoms with E-state index in [1.807, 2.05) is 25.1 Å². The molecule has 25 heavy (non-hydrogen) atoms. The Kier molecular flexibility index (Phi) is 8.32. The van der Waals surface area contributed by atoms with Crippen LogP contribution in [0.5, 0.6) is 0 Å². The first-order valence-corrected chi connectivity index (χ1v) is 8.98. The van der Waals surface area contributed by atoms with Gasteiger partial charge >= 0.3 is 0 Å². The summed E-state index contributed by atoms with van der Waals surface area (Å²) in [6, 6.07) is 10.2. The summed E-state index contributed by atoms with van der Waals surface area (Å²) in [5.41, 5.74) is 1.70. The SMILES string of the molecule is CC(C)(C)C.CCN(CC)c1nc(C)nc(NCc2ccccc2)n1. The van der Waals surface area contributed by atoms with Crippen molar-refractivity contribution in [3.63, 3.8) is 0 Å². The normalized spacial score (nSPS) is 10.7. The molecule has 1 aromatic carbocycles. The smallest absolute Gasteiger partial charge is 0.230 e. The zero-order chi connectivity index (χ0) is 18.9. The molecule has 1 aromatic heterocycles. The summed E-state index contributed by atoms with van der Waals surface area (Å²) in [5.74, 6) is 2.10. The van der Waals surface area contributed by atoms with Crippen LogP contribution < -0.4 is 10.2 Å². The van der Waals surface area contributed by atoms with Crippen LogP contribution in [0.4, 0.5) is 11.9 Å². The molecule has 0 bridgehead atoms. The third kappa shape index (κ3) is 9.03. The topological polar surface area (TPSA) is 53.9 Å². The molecule has 0 fully saturated rings. The average molecular weight is 344 g/mol. The van der Waals surface area contributed by atoms with Gasteiger partial charge in [-0.3, -0.25) is 0 Å². The number of rotatable bonds is 6. The Morgan fingerprint density at radius 3 is 2.00 bits per heavy atom. The van der Waals surface area contributed by atoms with Crippen molar-refractivity contribution in [1.82, 2.24) is 15.0 Å². The molecule has 2 rings (SSSR count). The number of nitrogens with zero attached hydrogens (tertiary/aromatic N) is 4. The Hall–Kier alpha value is -2.17. The van der Waals surface area contributed by atoms with E-state index in [1.54, 1.807) is 0 Å². The Morgan fingerprint density at radius 1 is 0.920 bits per heavy atom. The molecule has 0 radical (unpaired) electrons. The van der Waals surface area contributed by atoms with Crippen LogP contribution in [0.2, 0.25) is 0 Å².